The lowest BCUT2D eigenvalue weighted by atomic mass is 10.1. The summed E-state index contributed by atoms with van der Waals surface area (Å²) in [6, 6.07) is 12.8. The van der Waals surface area contributed by atoms with Crippen LogP contribution in [-0.4, -0.2) is 21.8 Å². The Morgan fingerprint density at radius 3 is 2.08 bits per heavy atom. The zero-order valence-electron chi connectivity index (χ0n) is 14.0. The Morgan fingerprint density at radius 2 is 1.46 bits per heavy atom. The quantitative estimate of drug-likeness (QED) is 0.730. The third kappa shape index (κ3) is 6.32. The Hall–Kier alpha value is -2.10. The van der Waals surface area contributed by atoms with E-state index >= 15 is 0 Å². The maximum atomic E-state index is 12.4. The first kappa shape index (κ1) is 20.2. The molecule has 142 valence electrons. The van der Waals surface area contributed by atoms with Crippen molar-refractivity contribution in [2.45, 2.75) is 25.2 Å². The SMILES string of the molecule is CNS(=O)(=O)Cc1ccccc1CNCc1ccccc1OC(F)(F)F. The molecule has 0 saturated heterocycles. The van der Waals surface area contributed by atoms with Crippen LogP contribution in [0.15, 0.2) is 48.5 Å². The molecule has 2 rings (SSSR count). The monoisotopic (exact) mass is 388 g/mol. The van der Waals surface area contributed by atoms with Gasteiger partial charge in [0.15, 0.2) is 0 Å². The molecule has 0 unspecified atom stereocenters. The third-order valence-electron chi connectivity index (χ3n) is 3.60. The number of benzene rings is 2. The van der Waals surface area contributed by atoms with Crippen molar-refractivity contribution in [1.29, 1.82) is 0 Å². The molecule has 0 saturated carbocycles. The van der Waals surface area contributed by atoms with Gasteiger partial charge in [-0.05, 0) is 24.2 Å². The molecule has 0 atom stereocenters. The van der Waals surface area contributed by atoms with E-state index < -0.39 is 16.4 Å². The molecule has 0 aliphatic rings. The second-order valence-corrected chi connectivity index (χ2v) is 7.42. The number of ether oxygens (including phenoxy) is 1. The van der Waals surface area contributed by atoms with Gasteiger partial charge in [0.25, 0.3) is 0 Å². The molecule has 0 amide bonds. The standard InChI is InChI=1S/C17H19F3N2O3S/c1-21-26(23,24)12-15-8-3-2-6-13(15)10-22-11-14-7-4-5-9-16(14)25-17(18,19)20/h2-9,21-22H,10-12H2,1H3. The minimum atomic E-state index is -4.76. The number of rotatable bonds is 8. The van der Waals surface area contributed by atoms with Crippen LogP contribution < -0.4 is 14.8 Å². The van der Waals surface area contributed by atoms with Gasteiger partial charge in [-0.1, -0.05) is 42.5 Å². The van der Waals surface area contributed by atoms with Crippen molar-refractivity contribution in [3.05, 3.63) is 65.2 Å². The summed E-state index contributed by atoms with van der Waals surface area (Å²) in [5.41, 5.74) is 1.72. The fraction of sp³-hybridized carbons (Fsp3) is 0.294. The molecule has 0 radical (unpaired) electrons. The molecule has 0 fully saturated rings. The third-order valence-corrected chi connectivity index (χ3v) is 4.92. The summed E-state index contributed by atoms with van der Waals surface area (Å²) >= 11 is 0. The summed E-state index contributed by atoms with van der Waals surface area (Å²) in [4.78, 5) is 0. The van der Waals surface area contributed by atoms with Gasteiger partial charge >= 0.3 is 6.36 Å². The minimum absolute atomic E-state index is 0.138. The zero-order chi connectivity index (χ0) is 19.2. The Kier molecular flexibility index (Phi) is 6.63. The average molecular weight is 388 g/mol. The highest BCUT2D eigenvalue weighted by atomic mass is 32.2. The Morgan fingerprint density at radius 1 is 0.923 bits per heavy atom. The van der Waals surface area contributed by atoms with Crippen LogP contribution in [0.2, 0.25) is 0 Å². The van der Waals surface area contributed by atoms with Gasteiger partial charge in [0.05, 0.1) is 5.75 Å². The number of hydrogen-bond acceptors (Lipinski definition) is 4. The summed E-state index contributed by atoms with van der Waals surface area (Å²) in [6.07, 6.45) is -4.76. The molecule has 9 heteroatoms. The highest BCUT2D eigenvalue weighted by molar-refractivity contribution is 7.88. The van der Waals surface area contributed by atoms with Crippen LogP contribution in [-0.2, 0) is 28.9 Å². The minimum Gasteiger partial charge on any atom is -0.405 e. The molecular weight excluding hydrogens is 369 g/mol. The molecular formula is C17H19F3N2O3S. The predicted octanol–water partition coefficient (Wildman–Crippen LogP) is 2.92. The van der Waals surface area contributed by atoms with Gasteiger partial charge in [-0.25, -0.2) is 13.1 Å². The first-order chi connectivity index (χ1) is 12.2. The summed E-state index contributed by atoms with van der Waals surface area (Å²) in [7, 11) is -2.08. The van der Waals surface area contributed by atoms with E-state index in [1.165, 1.54) is 25.2 Å². The van der Waals surface area contributed by atoms with Crippen molar-refractivity contribution in [3.63, 3.8) is 0 Å². The van der Waals surface area contributed by atoms with E-state index in [4.69, 9.17) is 0 Å². The fourth-order valence-electron chi connectivity index (χ4n) is 2.35. The fourth-order valence-corrected chi connectivity index (χ4v) is 3.19. The molecule has 26 heavy (non-hydrogen) atoms. The van der Waals surface area contributed by atoms with Crippen molar-refractivity contribution in [2.24, 2.45) is 0 Å². The lowest BCUT2D eigenvalue weighted by Crippen LogP contribution is -2.22. The van der Waals surface area contributed by atoms with E-state index in [2.05, 4.69) is 14.8 Å². The van der Waals surface area contributed by atoms with Gasteiger partial charge in [-0.3, -0.25) is 0 Å². The Labute approximate surface area is 150 Å². The normalized spacial score (nSPS) is 12.2. The molecule has 2 aromatic rings. The molecule has 2 N–H and O–H groups in total. The van der Waals surface area contributed by atoms with Gasteiger partial charge in [0.1, 0.15) is 5.75 Å². The van der Waals surface area contributed by atoms with E-state index in [0.717, 1.165) is 5.56 Å². The van der Waals surface area contributed by atoms with Gasteiger partial charge in [-0.15, -0.1) is 13.2 Å². The van der Waals surface area contributed by atoms with Crippen molar-refractivity contribution in [3.8, 4) is 5.75 Å². The highest BCUT2D eigenvalue weighted by Crippen LogP contribution is 2.26. The smallest absolute Gasteiger partial charge is 0.405 e. The van der Waals surface area contributed by atoms with Crippen LogP contribution >= 0.6 is 0 Å². The number of hydrogen-bond donors (Lipinski definition) is 2. The lowest BCUT2D eigenvalue weighted by molar-refractivity contribution is -0.274. The van der Waals surface area contributed by atoms with Gasteiger partial charge in [0, 0.05) is 18.7 Å². The van der Waals surface area contributed by atoms with Crippen LogP contribution in [0.25, 0.3) is 0 Å². The maximum Gasteiger partial charge on any atom is 0.573 e. The second kappa shape index (κ2) is 8.52. The summed E-state index contributed by atoms with van der Waals surface area (Å²) in [6.45, 7) is 0.440. The van der Waals surface area contributed by atoms with E-state index in [1.807, 2.05) is 0 Å². The van der Waals surface area contributed by atoms with Gasteiger partial charge in [0.2, 0.25) is 10.0 Å². The molecule has 0 spiro atoms. The summed E-state index contributed by atoms with van der Waals surface area (Å²) in [5, 5.41) is 3.03. The maximum absolute atomic E-state index is 12.4. The van der Waals surface area contributed by atoms with E-state index in [0.29, 0.717) is 17.7 Å². The Balaban J connectivity index is 2.05. The Bertz CT molecular complexity index is 839. The summed E-state index contributed by atoms with van der Waals surface area (Å²) < 4.78 is 67.1. The number of alkyl halides is 3. The highest BCUT2D eigenvalue weighted by Gasteiger charge is 2.31. The van der Waals surface area contributed by atoms with Crippen LogP contribution in [0, 0.1) is 0 Å². The van der Waals surface area contributed by atoms with Crippen LogP contribution in [0.3, 0.4) is 0 Å². The van der Waals surface area contributed by atoms with E-state index in [1.54, 1.807) is 30.3 Å². The first-order valence-electron chi connectivity index (χ1n) is 7.72. The number of nitrogens with one attached hydrogen (secondary N) is 2. The van der Waals surface area contributed by atoms with Crippen molar-refractivity contribution >= 4 is 10.0 Å². The largest absolute Gasteiger partial charge is 0.573 e. The lowest BCUT2D eigenvalue weighted by Gasteiger charge is -2.14. The number of para-hydroxylation sites is 1. The molecule has 2 aromatic carbocycles. The molecule has 0 bridgehead atoms. The summed E-state index contributed by atoms with van der Waals surface area (Å²) in [5.74, 6) is -0.437. The molecule has 0 heterocycles. The molecule has 0 aliphatic heterocycles. The van der Waals surface area contributed by atoms with E-state index in [-0.39, 0.29) is 18.0 Å². The van der Waals surface area contributed by atoms with Crippen LogP contribution in [0.5, 0.6) is 5.75 Å². The van der Waals surface area contributed by atoms with Crippen LogP contribution in [0.4, 0.5) is 13.2 Å². The van der Waals surface area contributed by atoms with E-state index in [9.17, 15) is 21.6 Å². The van der Waals surface area contributed by atoms with Crippen molar-refractivity contribution < 1.29 is 26.3 Å². The van der Waals surface area contributed by atoms with Crippen molar-refractivity contribution in [2.75, 3.05) is 7.05 Å². The molecule has 5 nitrogen and oxygen atoms in total. The average Bonchev–Trinajstić information content (AvgIpc) is 2.56. The predicted molar refractivity (Wildman–Crippen MR) is 91.8 cm³/mol. The zero-order valence-corrected chi connectivity index (χ0v) is 14.8. The molecule has 0 aromatic heterocycles. The topological polar surface area (TPSA) is 67.4 Å². The first-order valence-corrected chi connectivity index (χ1v) is 9.38. The number of sulfonamides is 1. The van der Waals surface area contributed by atoms with Crippen LogP contribution in [0.1, 0.15) is 16.7 Å². The second-order valence-electron chi connectivity index (χ2n) is 5.49. The molecule has 0 aliphatic carbocycles. The van der Waals surface area contributed by atoms with Gasteiger partial charge in [-0.2, -0.15) is 0 Å². The van der Waals surface area contributed by atoms with Crippen molar-refractivity contribution in [1.82, 2.24) is 10.0 Å². The van der Waals surface area contributed by atoms with Gasteiger partial charge < -0.3 is 10.1 Å². The number of halogens is 3.